The molecule has 1 aromatic rings. The molecule has 0 spiro atoms. The Kier molecular flexibility index (Phi) is 5.95. The molecule has 1 aromatic carbocycles. The maximum atomic E-state index is 4.48. The van der Waals surface area contributed by atoms with Crippen molar-refractivity contribution in [3.63, 3.8) is 0 Å². The smallest absolute Gasteiger partial charge is 0.0542 e. The van der Waals surface area contributed by atoms with E-state index in [2.05, 4.69) is 50.1 Å². The average molecular weight is 318 g/mol. The van der Waals surface area contributed by atoms with Crippen LogP contribution >= 0.6 is 15.9 Å². The third kappa shape index (κ3) is 4.66. The van der Waals surface area contributed by atoms with E-state index in [1.165, 1.54) is 0 Å². The number of hydrogen-bond donors (Lipinski definition) is 0. The molecule has 0 atom stereocenters. The molecule has 5 heteroatoms. The van der Waals surface area contributed by atoms with E-state index in [0.717, 1.165) is 36.2 Å². The summed E-state index contributed by atoms with van der Waals surface area (Å²) in [5, 5.41) is 6.61. The van der Waals surface area contributed by atoms with Crippen LogP contribution in [-0.2, 0) is 0 Å². The van der Waals surface area contributed by atoms with Crippen molar-refractivity contribution >= 4 is 22.1 Å². The van der Waals surface area contributed by atoms with Crippen LogP contribution in [0.2, 0.25) is 0 Å². The second-order valence-electron chi connectivity index (χ2n) is 4.05. The summed E-state index contributed by atoms with van der Waals surface area (Å²) in [6.07, 6.45) is 1.93. The van der Waals surface area contributed by atoms with Gasteiger partial charge in [0.2, 0.25) is 0 Å². The van der Waals surface area contributed by atoms with Crippen LogP contribution in [0.1, 0.15) is 5.56 Å². The molecule has 17 heavy (non-hydrogen) atoms. The van der Waals surface area contributed by atoms with Crippen molar-refractivity contribution in [3.8, 4) is 0 Å². The minimum atomic E-state index is 0. The molecule has 0 aliphatic carbocycles. The third-order valence-corrected chi connectivity index (χ3v) is 3.25. The zero-order valence-corrected chi connectivity index (χ0v) is 12.2. The van der Waals surface area contributed by atoms with Gasteiger partial charge >= 0.3 is 0 Å². The van der Waals surface area contributed by atoms with E-state index >= 15 is 0 Å². The first-order valence-electron chi connectivity index (χ1n) is 5.47. The first kappa shape index (κ1) is 14.5. The molecule has 1 aliphatic heterocycles. The molecular weight excluding hydrogens is 302 g/mol. The number of piperazine rings is 1. The molecule has 2 rings (SSSR count). The zero-order valence-electron chi connectivity index (χ0n) is 9.81. The monoisotopic (exact) mass is 316 g/mol. The van der Waals surface area contributed by atoms with E-state index in [-0.39, 0.29) is 12.4 Å². The molecule has 0 bridgehead atoms. The second-order valence-corrected chi connectivity index (χ2v) is 4.97. The van der Waals surface area contributed by atoms with Gasteiger partial charge in [0.15, 0.2) is 0 Å². The summed E-state index contributed by atoms with van der Waals surface area (Å²) in [6.45, 7) is 4.22. The normalized spacial score (nSPS) is 17.2. The fourth-order valence-electron chi connectivity index (χ4n) is 1.61. The second kappa shape index (κ2) is 6.99. The Bertz CT molecular complexity index is 359. The lowest BCUT2D eigenvalue weighted by Crippen LogP contribution is -3.00. The maximum absolute atomic E-state index is 4.48. The standard InChI is InChI=1S/C12H16BrN3.ClH/c1-15-6-8-16(9-7-15)14-10-11-2-4-12(13)5-3-11;/h2-5,10H,6-9H2,1H3;1H/p-1. The molecule has 0 unspecified atom stereocenters. The van der Waals surface area contributed by atoms with E-state index in [9.17, 15) is 0 Å². The minimum absolute atomic E-state index is 0. The summed E-state index contributed by atoms with van der Waals surface area (Å²) in [4.78, 5) is 2.33. The van der Waals surface area contributed by atoms with E-state index in [4.69, 9.17) is 0 Å². The third-order valence-electron chi connectivity index (χ3n) is 2.72. The van der Waals surface area contributed by atoms with Crippen molar-refractivity contribution in [1.29, 1.82) is 0 Å². The van der Waals surface area contributed by atoms with Gasteiger partial charge in [-0.3, -0.25) is 5.01 Å². The van der Waals surface area contributed by atoms with E-state index in [1.807, 2.05) is 18.3 Å². The molecule has 0 N–H and O–H groups in total. The van der Waals surface area contributed by atoms with Crippen LogP contribution in [0.4, 0.5) is 0 Å². The summed E-state index contributed by atoms with van der Waals surface area (Å²) >= 11 is 3.42. The average Bonchev–Trinajstić information content (AvgIpc) is 2.30. The van der Waals surface area contributed by atoms with Crippen LogP contribution in [0.15, 0.2) is 33.8 Å². The lowest BCUT2D eigenvalue weighted by atomic mass is 10.2. The Hall–Kier alpha value is -0.580. The molecule has 0 aromatic heterocycles. The molecule has 0 saturated carbocycles. The van der Waals surface area contributed by atoms with Crippen molar-refractivity contribution in [2.24, 2.45) is 5.10 Å². The maximum Gasteiger partial charge on any atom is 0.0542 e. The summed E-state index contributed by atoms with van der Waals surface area (Å²) in [5.74, 6) is 0. The molecule has 1 aliphatic rings. The van der Waals surface area contributed by atoms with Gasteiger partial charge in [-0.15, -0.1) is 0 Å². The highest BCUT2D eigenvalue weighted by Gasteiger charge is 2.10. The molecule has 3 nitrogen and oxygen atoms in total. The summed E-state index contributed by atoms with van der Waals surface area (Å²) in [6, 6.07) is 8.18. The van der Waals surface area contributed by atoms with Gasteiger partial charge in [-0.1, -0.05) is 28.1 Å². The Labute approximate surface area is 117 Å². The first-order chi connectivity index (χ1) is 7.74. The van der Waals surface area contributed by atoms with Crippen LogP contribution in [0.3, 0.4) is 0 Å². The van der Waals surface area contributed by atoms with Crippen molar-refractivity contribution in [3.05, 3.63) is 34.3 Å². The summed E-state index contributed by atoms with van der Waals surface area (Å²) in [5.41, 5.74) is 1.14. The Balaban J connectivity index is 0.00000144. The Morgan fingerprint density at radius 1 is 1.12 bits per heavy atom. The predicted molar refractivity (Wildman–Crippen MR) is 70.8 cm³/mol. The van der Waals surface area contributed by atoms with Gasteiger partial charge in [-0.2, -0.15) is 5.10 Å². The summed E-state index contributed by atoms with van der Waals surface area (Å²) in [7, 11) is 2.15. The zero-order chi connectivity index (χ0) is 11.4. The number of rotatable bonds is 2. The predicted octanol–water partition coefficient (Wildman–Crippen LogP) is -0.966. The number of hydrazone groups is 1. The minimum Gasteiger partial charge on any atom is -1.00 e. The van der Waals surface area contributed by atoms with Crippen molar-refractivity contribution in [2.45, 2.75) is 0 Å². The number of halogens is 2. The van der Waals surface area contributed by atoms with Crippen molar-refractivity contribution in [2.75, 3.05) is 33.2 Å². The number of nitrogens with zero attached hydrogens (tertiary/aromatic N) is 3. The Morgan fingerprint density at radius 2 is 1.71 bits per heavy atom. The molecule has 1 saturated heterocycles. The van der Waals surface area contributed by atoms with Gasteiger partial charge in [0.1, 0.15) is 0 Å². The highest BCUT2D eigenvalue weighted by molar-refractivity contribution is 9.10. The van der Waals surface area contributed by atoms with Gasteiger partial charge in [-0.05, 0) is 24.7 Å². The quantitative estimate of drug-likeness (QED) is 0.654. The molecule has 94 valence electrons. The van der Waals surface area contributed by atoms with Crippen molar-refractivity contribution < 1.29 is 12.4 Å². The largest absolute Gasteiger partial charge is 1.00 e. The van der Waals surface area contributed by atoms with Crippen LogP contribution < -0.4 is 12.4 Å². The number of benzene rings is 1. The molecule has 0 radical (unpaired) electrons. The first-order valence-corrected chi connectivity index (χ1v) is 6.26. The molecule has 1 heterocycles. The SMILES string of the molecule is CN1CCN(N=Cc2ccc(Br)cc2)CC1.[Cl-]. The highest BCUT2D eigenvalue weighted by atomic mass is 79.9. The summed E-state index contributed by atoms with van der Waals surface area (Å²) < 4.78 is 1.10. The molecule has 0 amide bonds. The van der Waals surface area contributed by atoms with Crippen molar-refractivity contribution in [1.82, 2.24) is 9.91 Å². The van der Waals surface area contributed by atoms with Gasteiger partial charge in [0, 0.05) is 30.7 Å². The number of hydrogen-bond acceptors (Lipinski definition) is 3. The van der Waals surface area contributed by atoms with Gasteiger partial charge in [0.25, 0.3) is 0 Å². The Morgan fingerprint density at radius 3 is 2.29 bits per heavy atom. The van der Waals surface area contributed by atoms with Crippen LogP contribution in [0.5, 0.6) is 0 Å². The molecule has 1 fully saturated rings. The van der Waals surface area contributed by atoms with E-state index in [1.54, 1.807) is 0 Å². The van der Waals surface area contributed by atoms with E-state index in [0.29, 0.717) is 0 Å². The van der Waals surface area contributed by atoms with Crippen LogP contribution in [0, 0.1) is 0 Å². The van der Waals surface area contributed by atoms with Gasteiger partial charge < -0.3 is 17.3 Å². The van der Waals surface area contributed by atoms with E-state index < -0.39 is 0 Å². The van der Waals surface area contributed by atoms with Gasteiger partial charge in [-0.25, -0.2) is 0 Å². The van der Waals surface area contributed by atoms with Gasteiger partial charge in [0.05, 0.1) is 6.21 Å². The fourth-order valence-corrected chi connectivity index (χ4v) is 1.87. The lowest BCUT2D eigenvalue weighted by Gasteiger charge is -2.30. The topological polar surface area (TPSA) is 18.8 Å². The highest BCUT2D eigenvalue weighted by Crippen LogP contribution is 2.09. The fraction of sp³-hybridized carbons (Fsp3) is 0.417. The molecular formula is C12H16BrClN3-. The van der Waals surface area contributed by atoms with Crippen LogP contribution in [-0.4, -0.2) is 49.4 Å². The number of likely N-dealkylation sites (N-methyl/N-ethyl adjacent to an activating group) is 1. The lowest BCUT2D eigenvalue weighted by molar-refractivity contribution is -0.00000319. The van der Waals surface area contributed by atoms with Crippen LogP contribution in [0.25, 0.3) is 0 Å².